The zero-order chi connectivity index (χ0) is 72.3. The maximum atomic E-state index is 13.1. The highest BCUT2D eigenvalue weighted by molar-refractivity contribution is 7.47. The van der Waals surface area contributed by atoms with Crippen molar-refractivity contribution in [2.24, 2.45) is 17.8 Å². The van der Waals surface area contributed by atoms with Crippen molar-refractivity contribution in [1.29, 1.82) is 0 Å². The van der Waals surface area contributed by atoms with Crippen LogP contribution in [0.5, 0.6) is 0 Å². The number of aliphatic hydroxyl groups excluding tert-OH is 1. The molecule has 0 fully saturated rings. The summed E-state index contributed by atoms with van der Waals surface area (Å²) in [6, 6.07) is 0. The average Bonchev–Trinajstić information content (AvgIpc) is 1.18. The predicted octanol–water partition coefficient (Wildman–Crippen LogP) is 23.4. The molecule has 3 unspecified atom stereocenters. The van der Waals surface area contributed by atoms with Crippen LogP contribution in [0.2, 0.25) is 0 Å². The number of carbonyl (C=O) groups excluding carboxylic acids is 4. The summed E-state index contributed by atoms with van der Waals surface area (Å²) in [4.78, 5) is 73.0. The van der Waals surface area contributed by atoms with Gasteiger partial charge in [0.25, 0.3) is 0 Å². The van der Waals surface area contributed by atoms with Gasteiger partial charge in [0, 0.05) is 25.7 Å². The largest absolute Gasteiger partial charge is 0.472 e. The number of ether oxygens (including phenoxy) is 4. The number of phosphoric ester groups is 2. The Balaban J connectivity index is 5.26. The van der Waals surface area contributed by atoms with Crippen LogP contribution in [0.3, 0.4) is 0 Å². The van der Waals surface area contributed by atoms with Crippen molar-refractivity contribution in [1.82, 2.24) is 0 Å². The topological polar surface area (TPSA) is 237 Å². The van der Waals surface area contributed by atoms with Crippen molar-refractivity contribution in [2.45, 2.75) is 426 Å². The Hall–Kier alpha value is -1.94. The monoisotopic (exact) mass is 1440 g/mol. The Morgan fingerprint density at radius 1 is 0.296 bits per heavy atom. The molecule has 19 heteroatoms. The molecule has 6 atom stereocenters. The van der Waals surface area contributed by atoms with E-state index in [1.54, 1.807) is 0 Å². The zero-order valence-corrected chi connectivity index (χ0v) is 66.0. The van der Waals surface area contributed by atoms with Crippen molar-refractivity contribution in [3.05, 3.63) is 0 Å². The zero-order valence-electron chi connectivity index (χ0n) is 64.3. The van der Waals surface area contributed by atoms with Crippen molar-refractivity contribution < 1.29 is 80.2 Å². The third-order valence-electron chi connectivity index (χ3n) is 18.7. The summed E-state index contributed by atoms with van der Waals surface area (Å²) in [6.07, 6.45) is 56.8. The minimum Gasteiger partial charge on any atom is -0.462 e. The fraction of sp³-hybridized carbons (Fsp3) is 0.949. The highest BCUT2D eigenvalue weighted by atomic mass is 31.2. The Labute approximate surface area is 600 Å². The van der Waals surface area contributed by atoms with Crippen LogP contribution in [0.25, 0.3) is 0 Å². The van der Waals surface area contributed by atoms with Crippen LogP contribution in [0, 0.1) is 17.8 Å². The molecule has 0 aliphatic heterocycles. The third kappa shape index (κ3) is 71.1. The minimum atomic E-state index is -4.96. The molecule has 3 N–H and O–H groups in total. The van der Waals surface area contributed by atoms with Crippen molar-refractivity contribution in [2.75, 3.05) is 39.6 Å². The molecule has 0 amide bonds. The van der Waals surface area contributed by atoms with E-state index in [-0.39, 0.29) is 25.7 Å². The number of hydrogen-bond acceptors (Lipinski definition) is 15. The van der Waals surface area contributed by atoms with Gasteiger partial charge in [-0.3, -0.25) is 37.3 Å². The number of phosphoric acid groups is 2. The Kier molecular flexibility index (Phi) is 68.1. The molecule has 0 spiro atoms. The Morgan fingerprint density at radius 2 is 0.520 bits per heavy atom. The van der Waals surface area contributed by atoms with Crippen molar-refractivity contribution in [3.8, 4) is 0 Å². The van der Waals surface area contributed by atoms with Gasteiger partial charge in [0.15, 0.2) is 12.2 Å². The lowest BCUT2D eigenvalue weighted by Gasteiger charge is -2.21. The normalized spacial score (nSPS) is 14.3. The predicted molar refractivity (Wildman–Crippen MR) is 400 cm³/mol. The molecule has 0 radical (unpaired) electrons. The molecule has 582 valence electrons. The molecule has 0 aliphatic rings. The maximum absolute atomic E-state index is 13.1. The fourth-order valence-corrected chi connectivity index (χ4v) is 13.7. The lowest BCUT2D eigenvalue weighted by molar-refractivity contribution is -0.161. The highest BCUT2D eigenvalue weighted by Crippen LogP contribution is 2.45. The Morgan fingerprint density at radius 3 is 0.776 bits per heavy atom. The van der Waals surface area contributed by atoms with Gasteiger partial charge >= 0.3 is 39.5 Å². The molecular weight excluding hydrogens is 1280 g/mol. The standard InChI is InChI=1S/C79H154O17P2/c1-8-10-11-12-13-14-15-16-17-18-22-25-31-39-46-53-60-76(81)89-66-74(95-78(83)62-55-48-41-32-26-23-20-19-21-24-29-36-43-50-57-70(3)4)68-93-97(85,86)91-64-73(80)65-92-98(87,88)94-69-75(67-90-77(82)61-54-47-40-35-34-37-44-51-58-71(5)6)96-79(84)63-56-49-42-33-28-27-30-38-45-52-59-72(7)9-2/h70-75,80H,8-69H2,1-7H3,(H,85,86)(H,87,88)/t72?,73-,74-,75-/m1/s1. The van der Waals surface area contributed by atoms with E-state index < -0.39 is 97.5 Å². The molecular formula is C79H154O17P2. The second-order valence-electron chi connectivity index (χ2n) is 29.6. The molecule has 0 saturated carbocycles. The highest BCUT2D eigenvalue weighted by Gasteiger charge is 2.30. The van der Waals surface area contributed by atoms with Crippen molar-refractivity contribution in [3.63, 3.8) is 0 Å². The van der Waals surface area contributed by atoms with E-state index in [1.165, 1.54) is 218 Å². The first kappa shape index (κ1) is 96.1. The first-order chi connectivity index (χ1) is 47.3. The van der Waals surface area contributed by atoms with Gasteiger partial charge in [-0.15, -0.1) is 0 Å². The van der Waals surface area contributed by atoms with Gasteiger partial charge in [-0.1, -0.05) is 357 Å². The number of carbonyl (C=O) groups is 4. The van der Waals surface area contributed by atoms with Crippen LogP contribution in [0.15, 0.2) is 0 Å². The second-order valence-corrected chi connectivity index (χ2v) is 32.6. The SMILES string of the molecule is CCCCCCCCCCCCCCCCCCC(=O)OC[C@H](COP(=O)(O)OC[C@@H](O)COP(=O)(O)OC[C@@H](COC(=O)CCCCCCCCCCC(C)C)OC(=O)CCCCCCCCCCCCC(C)CC)OC(=O)CCCCCCCCCCCCCCCCC(C)C. The molecule has 0 saturated heterocycles. The van der Waals surface area contributed by atoms with Gasteiger partial charge in [-0.2, -0.15) is 0 Å². The van der Waals surface area contributed by atoms with E-state index in [4.69, 9.17) is 37.0 Å². The number of unbranched alkanes of at least 4 members (excludes halogenated alkanes) is 44. The van der Waals surface area contributed by atoms with Crippen LogP contribution >= 0.6 is 15.6 Å². The Bertz CT molecular complexity index is 1910. The summed E-state index contributed by atoms with van der Waals surface area (Å²) in [5.41, 5.74) is 0. The van der Waals surface area contributed by atoms with E-state index in [1.807, 2.05) is 0 Å². The summed E-state index contributed by atoms with van der Waals surface area (Å²) < 4.78 is 68.7. The van der Waals surface area contributed by atoms with Crippen LogP contribution in [-0.2, 0) is 65.4 Å². The molecule has 0 rings (SSSR count). The van der Waals surface area contributed by atoms with Crippen LogP contribution in [0.1, 0.15) is 408 Å². The number of esters is 4. The first-order valence-electron chi connectivity index (χ1n) is 40.9. The molecule has 0 heterocycles. The number of rotatable bonds is 77. The molecule has 0 aromatic carbocycles. The molecule has 17 nitrogen and oxygen atoms in total. The molecule has 0 bridgehead atoms. The molecule has 0 aromatic rings. The van der Waals surface area contributed by atoms with E-state index in [0.717, 1.165) is 108 Å². The van der Waals surface area contributed by atoms with Gasteiger partial charge in [0.1, 0.15) is 19.3 Å². The minimum absolute atomic E-state index is 0.106. The molecule has 0 aromatic heterocycles. The van der Waals surface area contributed by atoms with Crippen molar-refractivity contribution >= 4 is 39.5 Å². The summed E-state index contributed by atoms with van der Waals surface area (Å²) in [7, 11) is -9.92. The van der Waals surface area contributed by atoms with Crippen LogP contribution < -0.4 is 0 Å². The van der Waals surface area contributed by atoms with Gasteiger partial charge in [-0.05, 0) is 43.4 Å². The summed E-state index contributed by atoms with van der Waals surface area (Å²) in [6.45, 7) is 11.9. The summed E-state index contributed by atoms with van der Waals surface area (Å²) >= 11 is 0. The average molecular weight is 1440 g/mol. The van der Waals surface area contributed by atoms with Crippen LogP contribution in [0.4, 0.5) is 0 Å². The summed E-state index contributed by atoms with van der Waals surface area (Å²) in [5.74, 6) is 0.211. The number of hydrogen-bond donors (Lipinski definition) is 3. The van der Waals surface area contributed by atoms with E-state index in [9.17, 15) is 43.2 Å². The molecule has 0 aliphatic carbocycles. The fourth-order valence-electron chi connectivity index (χ4n) is 12.1. The maximum Gasteiger partial charge on any atom is 0.472 e. The van der Waals surface area contributed by atoms with E-state index in [0.29, 0.717) is 25.7 Å². The van der Waals surface area contributed by atoms with E-state index >= 15 is 0 Å². The quantitative estimate of drug-likeness (QED) is 0.0222. The number of aliphatic hydroxyl groups is 1. The smallest absolute Gasteiger partial charge is 0.462 e. The van der Waals surface area contributed by atoms with Crippen LogP contribution in [-0.4, -0.2) is 96.7 Å². The third-order valence-corrected chi connectivity index (χ3v) is 20.6. The lowest BCUT2D eigenvalue weighted by atomic mass is 9.99. The van der Waals surface area contributed by atoms with E-state index in [2.05, 4.69) is 48.5 Å². The molecule has 98 heavy (non-hydrogen) atoms. The lowest BCUT2D eigenvalue weighted by Crippen LogP contribution is -2.30. The van der Waals surface area contributed by atoms with Gasteiger partial charge in [0.2, 0.25) is 0 Å². The summed E-state index contributed by atoms with van der Waals surface area (Å²) in [5, 5.41) is 10.6. The first-order valence-corrected chi connectivity index (χ1v) is 43.9. The van der Waals surface area contributed by atoms with Gasteiger partial charge < -0.3 is 33.8 Å². The second kappa shape index (κ2) is 69.4. The van der Waals surface area contributed by atoms with Gasteiger partial charge in [-0.25, -0.2) is 9.13 Å². The van der Waals surface area contributed by atoms with Gasteiger partial charge in [0.05, 0.1) is 26.4 Å².